The third kappa shape index (κ3) is 2.64. The zero-order valence-electron chi connectivity index (χ0n) is 16.9. The number of hydrogen-bond acceptors (Lipinski definition) is 3. The first-order chi connectivity index (χ1) is 14.2. The monoisotopic (exact) mass is 420 g/mol. The molecule has 0 unspecified atom stereocenters. The Hall–Kier alpha value is -2.68. The van der Waals surface area contributed by atoms with Crippen LogP contribution in [0.15, 0.2) is 34.9 Å². The van der Waals surface area contributed by atoms with Crippen molar-refractivity contribution < 1.29 is 22.4 Å². The molecular formula is C21H23F3N4O2. The van der Waals surface area contributed by atoms with Gasteiger partial charge in [0.25, 0.3) is 5.91 Å². The first-order valence-electron chi connectivity index (χ1n) is 10.0. The highest BCUT2D eigenvalue weighted by molar-refractivity contribution is 5.97. The van der Waals surface area contributed by atoms with Gasteiger partial charge in [0, 0.05) is 51.1 Å². The van der Waals surface area contributed by atoms with Crippen LogP contribution in [0.1, 0.15) is 34.7 Å². The summed E-state index contributed by atoms with van der Waals surface area (Å²) in [7, 11) is 3.80. The highest BCUT2D eigenvalue weighted by Gasteiger charge is 2.47. The van der Waals surface area contributed by atoms with E-state index in [9.17, 15) is 18.0 Å². The van der Waals surface area contributed by atoms with Crippen molar-refractivity contribution in [3.05, 3.63) is 47.6 Å². The number of piperidine rings is 1. The van der Waals surface area contributed by atoms with E-state index in [2.05, 4.69) is 4.90 Å². The van der Waals surface area contributed by atoms with Crippen molar-refractivity contribution in [3.8, 4) is 0 Å². The number of furan rings is 1. The fourth-order valence-electron chi connectivity index (χ4n) is 5.16. The second-order valence-electron chi connectivity index (χ2n) is 8.26. The standard InChI is InChI=1S/C21H23F3N4O2/c1-25-10-11-28-17(3-4-18(28)21(22,23)24)20(25)6-8-27(9-7-20)19(29)15-13-16-14(26(15)2)5-12-30-16/h3-5,12-13H,6-11H2,1-2H3. The predicted octanol–water partition coefficient (Wildman–Crippen LogP) is 3.67. The van der Waals surface area contributed by atoms with Crippen LogP contribution in [0, 0.1) is 0 Å². The van der Waals surface area contributed by atoms with Crippen LogP contribution in [-0.4, -0.2) is 51.5 Å². The summed E-state index contributed by atoms with van der Waals surface area (Å²) in [6.07, 6.45) is -1.59. The Kier molecular flexibility index (Phi) is 4.12. The summed E-state index contributed by atoms with van der Waals surface area (Å²) in [5.41, 5.74) is 1.71. The van der Waals surface area contributed by atoms with Gasteiger partial charge in [-0.15, -0.1) is 0 Å². The molecule has 0 atom stereocenters. The molecule has 0 aromatic carbocycles. The van der Waals surface area contributed by atoms with Gasteiger partial charge in [-0.05, 0) is 32.0 Å². The van der Waals surface area contributed by atoms with Crippen LogP contribution in [0.25, 0.3) is 11.1 Å². The van der Waals surface area contributed by atoms with Crippen molar-refractivity contribution in [1.82, 2.24) is 18.9 Å². The van der Waals surface area contributed by atoms with Gasteiger partial charge in [-0.25, -0.2) is 0 Å². The molecule has 30 heavy (non-hydrogen) atoms. The van der Waals surface area contributed by atoms with Gasteiger partial charge >= 0.3 is 6.18 Å². The lowest BCUT2D eigenvalue weighted by Crippen LogP contribution is -2.56. The normalized spacial score (nSPS) is 19.6. The Morgan fingerprint density at radius 2 is 1.80 bits per heavy atom. The largest absolute Gasteiger partial charge is 0.463 e. The Labute approximate surface area is 171 Å². The number of likely N-dealkylation sites (N-methyl/N-ethyl adjacent to an activating group) is 1. The van der Waals surface area contributed by atoms with Crippen molar-refractivity contribution in [2.45, 2.75) is 31.1 Å². The maximum absolute atomic E-state index is 13.4. The minimum absolute atomic E-state index is 0.0800. The summed E-state index contributed by atoms with van der Waals surface area (Å²) in [6.45, 7) is 1.85. The van der Waals surface area contributed by atoms with E-state index < -0.39 is 17.4 Å². The molecule has 160 valence electrons. The number of alkyl halides is 3. The van der Waals surface area contributed by atoms with Gasteiger partial charge in [0.1, 0.15) is 11.4 Å². The average Bonchev–Trinajstić information content (AvgIpc) is 3.41. The Bertz CT molecular complexity index is 1120. The predicted molar refractivity (Wildman–Crippen MR) is 104 cm³/mol. The number of carbonyl (C=O) groups is 1. The van der Waals surface area contributed by atoms with Crippen LogP contribution >= 0.6 is 0 Å². The summed E-state index contributed by atoms with van der Waals surface area (Å²) in [5.74, 6) is -0.0800. The van der Waals surface area contributed by atoms with Crippen molar-refractivity contribution >= 4 is 17.0 Å². The molecule has 1 amide bonds. The summed E-state index contributed by atoms with van der Waals surface area (Å²) in [4.78, 5) is 17.1. The number of hydrogen-bond donors (Lipinski definition) is 0. The van der Waals surface area contributed by atoms with Gasteiger partial charge in [0.15, 0.2) is 5.58 Å². The van der Waals surface area contributed by atoms with Crippen LogP contribution in [0.2, 0.25) is 0 Å². The molecule has 5 heterocycles. The SMILES string of the molecule is CN1CCn2c(C(F)(F)F)ccc2C12CCN(C(=O)c1cc3occc3n1C)CC2. The van der Waals surface area contributed by atoms with Gasteiger partial charge in [0.05, 0.1) is 17.3 Å². The van der Waals surface area contributed by atoms with Crippen LogP contribution < -0.4 is 0 Å². The van der Waals surface area contributed by atoms with E-state index in [1.54, 1.807) is 23.3 Å². The number of amides is 1. The van der Waals surface area contributed by atoms with Gasteiger partial charge in [0.2, 0.25) is 0 Å². The molecule has 1 spiro atoms. The summed E-state index contributed by atoms with van der Waals surface area (Å²) < 4.78 is 48.9. The molecule has 0 N–H and O–H groups in total. The number of nitrogens with zero attached hydrogens (tertiary/aromatic N) is 4. The lowest BCUT2D eigenvalue weighted by atomic mass is 9.81. The molecule has 0 aliphatic carbocycles. The number of halogens is 3. The molecule has 0 saturated carbocycles. The average molecular weight is 420 g/mol. The highest BCUT2D eigenvalue weighted by Crippen LogP contribution is 2.44. The molecule has 0 radical (unpaired) electrons. The molecule has 9 heteroatoms. The molecular weight excluding hydrogens is 397 g/mol. The second-order valence-corrected chi connectivity index (χ2v) is 8.26. The second kappa shape index (κ2) is 6.41. The third-order valence-electron chi connectivity index (χ3n) is 6.90. The molecule has 6 nitrogen and oxygen atoms in total. The van der Waals surface area contributed by atoms with Crippen molar-refractivity contribution in [1.29, 1.82) is 0 Å². The van der Waals surface area contributed by atoms with E-state index in [1.807, 2.05) is 24.7 Å². The van der Waals surface area contributed by atoms with Gasteiger partial charge in [-0.1, -0.05) is 0 Å². The quantitative estimate of drug-likeness (QED) is 0.604. The lowest BCUT2D eigenvalue weighted by Gasteiger charge is -2.50. The summed E-state index contributed by atoms with van der Waals surface area (Å²) in [6, 6.07) is 6.37. The van der Waals surface area contributed by atoms with Crippen molar-refractivity contribution in [3.63, 3.8) is 0 Å². The van der Waals surface area contributed by atoms with Crippen molar-refractivity contribution in [2.24, 2.45) is 7.05 Å². The number of rotatable bonds is 1. The summed E-state index contributed by atoms with van der Waals surface area (Å²) in [5, 5.41) is 0. The Morgan fingerprint density at radius 1 is 1.07 bits per heavy atom. The number of fused-ring (bicyclic) bond motifs is 3. The maximum Gasteiger partial charge on any atom is 0.431 e. The van der Waals surface area contributed by atoms with E-state index in [-0.39, 0.29) is 5.91 Å². The minimum Gasteiger partial charge on any atom is -0.463 e. The minimum atomic E-state index is -4.37. The fourth-order valence-corrected chi connectivity index (χ4v) is 5.16. The number of carbonyl (C=O) groups excluding carboxylic acids is 1. The third-order valence-corrected chi connectivity index (χ3v) is 6.90. The zero-order chi connectivity index (χ0) is 21.3. The lowest BCUT2D eigenvalue weighted by molar-refractivity contribution is -0.144. The molecule has 2 aliphatic rings. The number of aromatic nitrogens is 2. The molecule has 5 rings (SSSR count). The molecule has 1 fully saturated rings. The molecule has 1 saturated heterocycles. The van der Waals surface area contributed by atoms with Crippen molar-refractivity contribution in [2.75, 3.05) is 26.7 Å². The van der Waals surface area contributed by atoms with E-state index in [0.717, 1.165) is 5.52 Å². The zero-order valence-corrected chi connectivity index (χ0v) is 16.9. The van der Waals surface area contributed by atoms with E-state index in [0.29, 0.717) is 56.0 Å². The first kappa shape index (κ1) is 19.3. The van der Waals surface area contributed by atoms with Crippen LogP contribution in [0.3, 0.4) is 0 Å². The Balaban J connectivity index is 1.41. The highest BCUT2D eigenvalue weighted by atomic mass is 19.4. The van der Waals surface area contributed by atoms with E-state index in [4.69, 9.17) is 4.42 Å². The van der Waals surface area contributed by atoms with Gasteiger partial charge < -0.3 is 18.5 Å². The van der Waals surface area contributed by atoms with Gasteiger partial charge in [-0.3, -0.25) is 9.69 Å². The van der Waals surface area contributed by atoms with Crippen LogP contribution in [-0.2, 0) is 25.3 Å². The molecule has 3 aromatic rings. The molecule has 3 aromatic heterocycles. The number of aryl methyl sites for hydroxylation is 1. The Morgan fingerprint density at radius 3 is 2.47 bits per heavy atom. The molecule has 0 bridgehead atoms. The first-order valence-corrected chi connectivity index (χ1v) is 10.0. The van der Waals surface area contributed by atoms with Crippen LogP contribution in [0.4, 0.5) is 13.2 Å². The molecule has 2 aliphatic heterocycles. The van der Waals surface area contributed by atoms with E-state index in [1.165, 1.54) is 10.6 Å². The fraction of sp³-hybridized carbons (Fsp3) is 0.476. The van der Waals surface area contributed by atoms with Gasteiger partial charge in [-0.2, -0.15) is 13.2 Å². The van der Waals surface area contributed by atoms with E-state index >= 15 is 0 Å². The summed E-state index contributed by atoms with van der Waals surface area (Å²) >= 11 is 0. The topological polar surface area (TPSA) is 46.6 Å². The van der Waals surface area contributed by atoms with Crippen LogP contribution in [0.5, 0.6) is 0 Å². The maximum atomic E-state index is 13.4. The smallest absolute Gasteiger partial charge is 0.431 e. The number of likely N-dealkylation sites (tertiary alicyclic amines) is 1.